The Bertz CT molecular complexity index is 789. The molecule has 0 aliphatic carbocycles. The van der Waals surface area contributed by atoms with E-state index in [1.54, 1.807) is 12.5 Å². The molecule has 5 nitrogen and oxygen atoms in total. The first kappa shape index (κ1) is 15.3. The Balaban J connectivity index is 1.69. The average molecular weight is 310 g/mol. The zero-order valence-electron chi connectivity index (χ0n) is 13.6. The minimum absolute atomic E-state index is 0.00844. The number of aromatic nitrogens is 3. The van der Waals surface area contributed by atoms with Crippen LogP contribution in [0, 0.1) is 5.92 Å². The van der Waals surface area contributed by atoms with Crippen molar-refractivity contribution in [3.8, 4) is 0 Å². The molecule has 1 atom stereocenters. The van der Waals surface area contributed by atoms with Crippen LogP contribution in [0.15, 0.2) is 49.2 Å². The molecule has 2 heterocycles. The summed E-state index contributed by atoms with van der Waals surface area (Å²) in [6, 6.07) is 8.03. The van der Waals surface area contributed by atoms with E-state index in [0.29, 0.717) is 12.5 Å². The molecule has 2 aromatic heterocycles. The van der Waals surface area contributed by atoms with E-state index in [4.69, 9.17) is 0 Å². The van der Waals surface area contributed by atoms with E-state index >= 15 is 0 Å². The van der Waals surface area contributed by atoms with Crippen molar-refractivity contribution in [3.63, 3.8) is 0 Å². The van der Waals surface area contributed by atoms with E-state index in [-0.39, 0.29) is 5.91 Å². The highest BCUT2D eigenvalue weighted by atomic mass is 16.1. The third-order valence-electron chi connectivity index (χ3n) is 4.07. The Morgan fingerprint density at radius 3 is 2.91 bits per heavy atom. The van der Waals surface area contributed by atoms with Crippen LogP contribution in [-0.4, -0.2) is 26.6 Å². The van der Waals surface area contributed by atoms with Gasteiger partial charge in [0, 0.05) is 49.1 Å². The summed E-state index contributed by atoms with van der Waals surface area (Å²) in [6.45, 7) is 6.54. The summed E-state index contributed by atoms with van der Waals surface area (Å²) < 4.78 is 4.14. The summed E-state index contributed by atoms with van der Waals surface area (Å²) in [5.74, 6) is 0.332. The summed E-state index contributed by atoms with van der Waals surface area (Å²) in [6.07, 6.45) is 7.45. The molecule has 0 saturated heterocycles. The van der Waals surface area contributed by atoms with Crippen LogP contribution in [0.25, 0.3) is 10.9 Å². The Morgan fingerprint density at radius 1 is 1.35 bits per heavy atom. The molecule has 5 heteroatoms. The summed E-state index contributed by atoms with van der Waals surface area (Å²) in [5.41, 5.74) is 1.85. The Kier molecular flexibility index (Phi) is 4.46. The topological polar surface area (TPSA) is 51.9 Å². The molecule has 0 radical (unpaired) electrons. The lowest BCUT2D eigenvalue weighted by Crippen LogP contribution is -2.29. The van der Waals surface area contributed by atoms with Gasteiger partial charge in [0.05, 0.1) is 11.9 Å². The van der Waals surface area contributed by atoms with Gasteiger partial charge in [0.15, 0.2) is 0 Å². The van der Waals surface area contributed by atoms with Gasteiger partial charge in [-0.15, -0.1) is 0 Å². The number of fused-ring (bicyclic) bond motifs is 1. The lowest BCUT2D eigenvalue weighted by molar-refractivity contribution is 0.0948. The van der Waals surface area contributed by atoms with Crippen molar-refractivity contribution in [2.75, 3.05) is 6.54 Å². The van der Waals surface area contributed by atoms with Gasteiger partial charge >= 0.3 is 0 Å². The quantitative estimate of drug-likeness (QED) is 0.761. The van der Waals surface area contributed by atoms with Crippen molar-refractivity contribution < 1.29 is 4.79 Å². The third kappa shape index (κ3) is 3.28. The molecule has 0 fully saturated rings. The zero-order chi connectivity index (χ0) is 16.2. The minimum atomic E-state index is -0.00844. The highest BCUT2D eigenvalue weighted by molar-refractivity contribution is 6.07. The molecule has 0 bridgehead atoms. The number of imidazole rings is 1. The number of carbonyl (C=O) groups is 1. The van der Waals surface area contributed by atoms with Crippen LogP contribution in [-0.2, 0) is 13.1 Å². The van der Waals surface area contributed by atoms with Crippen LogP contribution in [0.1, 0.15) is 24.2 Å². The van der Waals surface area contributed by atoms with E-state index in [9.17, 15) is 4.79 Å². The molecule has 23 heavy (non-hydrogen) atoms. The maximum Gasteiger partial charge on any atom is 0.253 e. The molecule has 0 saturated carbocycles. The number of nitrogens with zero attached hydrogens (tertiary/aromatic N) is 3. The van der Waals surface area contributed by atoms with Gasteiger partial charge < -0.3 is 14.5 Å². The van der Waals surface area contributed by atoms with Crippen molar-refractivity contribution in [1.82, 2.24) is 19.4 Å². The van der Waals surface area contributed by atoms with Gasteiger partial charge in [-0.25, -0.2) is 4.98 Å². The van der Waals surface area contributed by atoms with Gasteiger partial charge in [0.2, 0.25) is 0 Å². The monoisotopic (exact) mass is 310 g/mol. The molecule has 1 aromatic carbocycles. The summed E-state index contributed by atoms with van der Waals surface area (Å²) in [7, 11) is 0. The van der Waals surface area contributed by atoms with Crippen LogP contribution < -0.4 is 5.32 Å². The molecular weight excluding hydrogens is 288 g/mol. The molecule has 0 aliphatic heterocycles. The number of aryl methyl sites for hydroxylation is 1. The molecule has 3 aromatic rings. The highest BCUT2D eigenvalue weighted by Crippen LogP contribution is 2.21. The van der Waals surface area contributed by atoms with Crippen molar-refractivity contribution in [2.24, 2.45) is 5.92 Å². The first-order chi connectivity index (χ1) is 11.2. The van der Waals surface area contributed by atoms with E-state index in [1.165, 1.54) is 0 Å². The predicted molar refractivity (Wildman–Crippen MR) is 91.3 cm³/mol. The molecule has 120 valence electrons. The second kappa shape index (κ2) is 6.69. The second-order valence-corrected chi connectivity index (χ2v) is 5.92. The van der Waals surface area contributed by atoms with Gasteiger partial charge in [-0.1, -0.05) is 25.1 Å². The second-order valence-electron chi connectivity index (χ2n) is 5.92. The summed E-state index contributed by atoms with van der Waals surface area (Å²) in [5, 5.41) is 4.06. The fourth-order valence-corrected chi connectivity index (χ4v) is 2.87. The van der Waals surface area contributed by atoms with Crippen molar-refractivity contribution in [2.45, 2.75) is 26.9 Å². The lowest BCUT2D eigenvalue weighted by Gasteiger charge is -2.13. The lowest BCUT2D eigenvalue weighted by atomic mass is 10.1. The number of hydrogen-bond donors (Lipinski definition) is 1. The fourth-order valence-electron chi connectivity index (χ4n) is 2.87. The number of benzene rings is 1. The molecule has 0 aliphatic rings. The number of hydrogen-bond acceptors (Lipinski definition) is 2. The molecule has 1 N–H and O–H groups in total. The van der Waals surface area contributed by atoms with Crippen LogP contribution >= 0.6 is 0 Å². The van der Waals surface area contributed by atoms with Crippen molar-refractivity contribution in [1.29, 1.82) is 0 Å². The van der Waals surface area contributed by atoms with E-state index in [1.807, 2.05) is 35.2 Å². The molecule has 1 amide bonds. The molecule has 0 spiro atoms. The first-order valence-corrected chi connectivity index (χ1v) is 8.01. The zero-order valence-corrected chi connectivity index (χ0v) is 13.6. The maximum atomic E-state index is 12.6. The fraction of sp³-hybridized carbons (Fsp3) is 0.333. The smallest absolute Gasteiger partial charge is 0.253 e. The van der Waals surface area contributed by atoms with Gasteiger partial charge in [0.25, 0.3) is 5.91 Å². The first-order valence-electron chi connectivity index (χ1n) is 8.01. The molecular formula is C18H22N4O. The van der Waals surface area contributed by atoms with Gasteiger partial charge in [-0.3, -0.25) is 4.79 Å². The van der Waals surface area contributed by atoms with Crippen LogP contribution in [0.4, 0.5) is 0 Å². The van der Waals surface area contributed by atoms with Crippen LogP contribution in [0.5, 0.6) is 0 Å². The standard InChI is InChI=1S/C18H22N4O/c1-3-22-12-16(15-6-4-5-7-17(15)22)18(23)20-10-14(2)11-21-9-8-19-13-21/h4-9,12-14H,3,10-11H2,1-2H3,(H,20,23). The van der Waals surface area contributed by atoms with Crippen LogP contribution in [0.2, 0.25) is 0 Å². The Morgan fingerprint density at radius 2 is 2.17 bits per heavy atom. The number of rotatable bonds is 6. The normalized spacial score (nSPS) is 12.4. The number of para-hydroxylation sites is 1. The van der Waals surface area contributed by atoms with E-state index in [2.05, 4.69) is 34.8 Å². The van der Waals surface area contributed by atoms with Crippen LogP contribution in [0.3, 0.4) is 0 Å². The Hall–Kier alpha value is -2.56. The molecule has 3 rings (SSSR count). The number of nitrogens with one attached hydrogen (secondary N) is 1. The molecule has 1 unspecified atom stereocenters. The van der Waals surface area contributed by atoms with Crippen molar-refractivity contribution >= 4 is 16.8 Å². The Labute approximate surface area is 135 Å². The minimum Gasteiger partial charge on any atom is -0.352 e. The number of carbonyl (C=O) groups excluding carboxylic acids is 1. The summed E-state index contributed by atoms with van der Waals surface area (Å²) in [4.78, 5) is 16.6. The van der Waals surface area contributed by atoms with E-state index < -0.39 is 0 Å². The summed E-state index contributed by atoms with van der Waals surface area (Å²) >= 11 is 0. The van der Waals surface area contributed by atoms with E-state index in [0.717, 1.165) is 29.6 Å². The SMILES string of the molecule is CCn1cc(C(=O)NCC(C)Cn2ccnc2)c2ccccc21. The average Bonchev–Trinajstić information content (AvgIpc) is 3.20. The predicted octanol–water partition coefficient (Wildman–Crippen LogP) is 2.92. The van der Waals surface area contributed by atoms with Gasteiger partial charge in [-0.2, -0.15) is 0 Å². The maximum absolute atomic E-state index is 12.6. The highest BCUT2D eigenvalue weighted by Gasteiger charge is 2.15. The third-order valence-corrected chi connectivity index (χ3v) is 4.07. The van der Waals surface area contributed by atoms with Gasteiger partial charge in [0.1, 0.15) is 0 Å². The van der Waals surface area contributed by atoms with Crippen molar-refractivity contribution in [3.05, 3.63) is 54.7 Å². The largest absolute Gasteiger partial charge is 0.352 e. The number of amides is 1. The van der Waals surface area contributed by atoms with Gasteiger partial charge in [-0.05, 0) is 18.9 Å².